The number of hydrogen-bond donors (Lipinski definition) is 0. The maximum atomic E-state index is 5.81. The standard InChI is InChI=1S/C23H16BrN3O3/c1-14-6-9-18-15(12-14)7-10-19(25-18)22-26-27-23(30-22)21-11-8-16(29-21)13-28-20-5-3-2-4-17(20)24/h2-12H,13H2,1H3. The number of rotatable bonds is 5. The molecule has 0 fully saturated rings. The highest BCUT2D eigenvalue weighted by Crippen LogP contribution is 2.28. The van der Waals surface area contributed by atoms with Gasteiger partial charge in [0.25, 0.3) is 11.8 Å². The SMILES string of the molecule is Cc1ccc2nc(-c3nnc(-c4ccc(COc5ccccc5Br)o4)o3)ccc2c1. The monoisotopic (exact) mass is 461 g/mol. The molecule has 0 bridgehead atoms. The van der Waals surface area contributed by atoms with Crippen molar-refractivity contribution in [1.82, 2.24) is 15.2 Å². The third-order valence-electron chi connectivity index (χ3n) is 4.57. The van der Waals surface area contributed by atoms with Gasteiger partial charge in [0.05, 0.1) is 9.99 Å². The highest BCUT2D eigenvalue weighted by Gasteiger charge is 2.15. The van der Waals surface area contributed by atoms with Crippen LogP contribution >= 0.6 is 15.9 Å². The lowest BCUT2D eigenvalue weighted by atomic mass is 10.1. The first-order chi connectivity index (χ1) is 14.7. The Morgan fingerprint density at radius 2 is 1.77 bits per heavy atom. The predicted octanol–water partition coefficient (Wildman–Crippen LogP) is 6.19. The Balaban J connectivity index is 1.34. The largest absolute Gasteiger partial charge is 0.484 e. The lowest BCUT2D eigenvalue weighted by molar-refractivity contribution is 0.269. The molecule has 0 amide bonds. The molecule has 5 aromatic rings. The van der Waals surface area contributed by atoms with Crippen LogP contribution < -0.4 is 4.74 Å². The summed E-state index contributed by atoms with van der Waals surface area (Å²) in [6.45, 7) is 2.34. The van der Waals surface area contributed by atoms with E-state index in [1.165, 1.54) is 5.56 Å². The van der Waals surface area contributed by atoms with Gasteiger partial charge in [0.1, 0.15) is 23.8 Å². The van der Waals surface area contributed by atoms with Crippen LogP contribution in [0.4, 0.5) is 0 Å². The fourth-order valence-electron chi connectivity index (χ4n) is 3.07. The minimum atomic E-state index is 0.287. The zero-order valence-corrected chi connectivity index (χ0v) is 17.6. The van der Waals surface area contributed by atoms with E-state index in [0.29, 0.717) is 29.0 Å². The van der Waals surface area contributed by atoms with Crippen molar-refractivity contribution < 1.29 is 13.6 Å². The fourth-order valence-corrected chi connectivity index (χ4v) is 3.47. The molecule has 3 aromatic heterocycles. The van der Waals surface area contributed by atoms with Crippen LogP contribution in [0.2, 0.25) is 0 Å². The van der Waals surface area contributed by atoms with E-state index in [1.807, 2.05) is 54.6 Å². The molecule has 0 saturated heterocycles. The first kappa shape index (κ1) is 18.6. The Labute approximate surface area is 180 Å². The van der Waals surface area contributed by atoms with Crippen molar-refractivity contribution in [1.29, 1.82) is 0 Å². The van der Waals surface area contributed by atoms with Crippen LogP contribution in [-0.2, 0) is 6.61 Å². The van der Waals surface area contributed by atoms with Gasteiger partial charge in [-0.2, -0.15) is 0 Å². The molecule has 0 spiro atoms. The number of halogens is 1. The molecule has 5 rings (SSSR count). The molecular formula is C23H16BrN3O3. The van der Waals surface area contributed by atoms with Crippen LogP contribution in [0.1, 0.15) is 11.3 Å². The van der Waals surface area contributed by atoms with Crippen molar-refractivity contribution in [3.8, 4) is 29.0 Å². The van der Waals surface area contributed by atoms with Crippen LogP contribution in [0.3, 0.4) is 0 Å². The lowest BCUT2D eigenvalue weighted by Crippen LogP contribution is -1.94. The number of nitrogens with zero attached hydrogens (tertiary/aromatic N) is 3. The van der Waals surface area contributed by atoms with E-state index < -0.39 is 0 Å². The molecule has 3 heterocycles. The molecule has 2 aromatic carbocycles. The average Bonchev–Trinajstić information content (AvgIpc) is 3.42. The Hall–Kier alpha value is -3.45. The zero-order valence-electron chi connectivity index (χ0n) is 16.0. The summed E-state index contributed by atoms with van der Waals surface area (Å²) in [4.78, 5) is 4.62. The summed E-state index contributed by atoms with van der Waals surface area (Å²) in [6.07, 6.45) is 0. The molecule has 148 valence electrons. The number of hydrogen-bond acceptors (Lipinski definition) is 6. The number of aromatic nitrogens is 3. The molecule has 6 nitrogen and oxygen atoms in total. The van der Waals surface area contributed by atoms with E-state index in [1.54, 1.807) is 6.07 Å². The van der Waals surface area contributed by atoms with E-state index in [9.17, 15) is 0 Å². The second-order valence-corrected chi connectivity index (χ2v) is 7.64. The maximum Gasteiger partial charge on any atom is 0.283 e. The van der Waals surface area contributed by atoms with Gasteiger partial charge in [-0.3, -0.25) is 0 Å². The summed E-state index contributed by atoms with van der Waals surface area (Å²) in [5, 5.41) is 9.30. The van der Waals surface area contributed by atoms with Crippen molar-refractivity contribution in [2.45, 2.75) is 13.5 Å². The molecule has 7 heteroatoms. The van der Waals surface area contributed by atoms with Gasteiger partial charge in [-0.15, -0.1) is 10.2 Å². The lowest BCUT2D eigenvalue weighted by Gasteiger charge is -2.05. The Morgan fingerprint density at radius 1 is 0.900 bits per heavy atom. The van der Waals surface area contributed by atoms with Gasteiger partial charge >= 0.3 is 0 Å². The molecule has 0 atom stereocenters. The van der Waals surface area contributed by atoms with Crippen molar-refractivity contribution in [2.75, 3.05) is 0 Å². The number of fused-ring (bicyclic) bond motifs is 1. The van der Waals surface area contributed by atoms with Gasteiger partial charge in [0.2, 0.25) is 0 Å². The quantitative estimate of drug-likeness (QED) is 0.310. The Morgan fingerprint density at radius 3 is 2.67 bits per heavy atom. The number of benzene rings is 2. The molecule has 0 radical (unpaired) electrons. The van der Waals surface area contributed by atoms with Crippen LogP contribution in [0, 0.1) is 6.92 Å². The highest BCUT2D eigenvalue weighted by atomic mass is 79.9. The van der Waals surface area contributed by atoms with Crippen LogP contribution in [-0.4, -0.2) is 15.2 Å². The third kappa shape index (κ3) is 3.71. The summed E-state index contributed by atoms with van der Waals surface area (Å²) >= 11 is 3.46. The first-order valence-electron chi connectivity index (χ1n) is 9.33. The molecule has 0 aliphatic heterocycles. The van der Waals surface area contributed by atoms with Gasteiger partial charge in [-0.05, 0) is 65.3 Å². The number of aryl methyl sites for hydroxylation is 1. The van der Waals surface area contributed by atoms with Crippen molar-refractivity contribution >= 4 is 26.8 Å². The second-order valence-electron chi connectivity index (χ2n) is 6.79. The van der Waals surface area contributed by atoms with Crippen LogP contribution in [0.15, 0.2) is 80.0 Å². The molecule has 0 unspecified atom stereocenters. The predicted molar refractivity (Wildman–Crippen MR) is 116 cm³/mol. The summed E-state index contributed by atoms with van der Waals surface area (Å²) in [5.74, 6) is 2.52. The second kappa shape index (κ2) is 7.76. The topological polar surface area (TPSA) is 74.2 Å². The minimum absolute atomic E-state index is 0.287. The van der Waals surface area contributed by atoms with Gasteiger partial charge in [-0.1, -0.05) is 29.8 Å². The molecule has 0 aliphatic rings. The van der Waals surface area contributed by atoms with E-state index in [-0.39, 0.29) is 6.61 Å². The van der Waals surface area contributed by atoms with Gasteiger partial charge < -0.3 is 13.6 Å². The third-order valence-corrected chi connectivity index (χ3v) is 5.22. The maximum absolute atomic E-state index is 5.81. The summed E-state index contributed by atoms with van der Waals surface area (Å²) < 4.78 is 18.3. The molecule has 0 N–H and O–H groups in total. The minimum Gasteiger partial charge on any atom is -0.484 e. The summed E-state index contributed by atoms with van der Waals surface area (Å²) in [6, 6.07) is 21.2. The molecular weight excluding hydrogens is 446 g/mol. The highest BCUT2D eigenvalue weighted by molar-refractivity contribution is 9.10. The molecule has 30 heavy (non-hydrogen) atoms. The number of ether oxygens (including phenoxy) is 1. The van der Waals surface area contributed by atoms with E-state index >= 15 is 0 Å². The van der Waals surface area contributed by atoms with E-state index in [4.69, 9.17) is 13.6 Å². The average molecular weight is 462 g/mol. The summed E-state index contributed by atoms with van der Waals surface area (Å²) in [7, 11) is 0. The summed E-state index contributed by atoms with van der Waals surface area (Å²) in [5.41, 5.74) is 2.69. The smallest absolute Gasteiger partial charge is 0.283 e. The van der Waals surface area contributed by atoms with Crippen molar-refractivity contribution in [2.24, 2.45) is 0 Å². The van der Waals surface area contributed by atoms with E-state index in [2.05, 4.69) is 44.1 Å². The van der Waals surface area contributed by atoms with E-state index in [0.717, 1.165) is 21.1 Å². The van der Waals surface area contributed by atoms with Crippen LogP contribution in [0.5, 0.6) is 5.75 Å². The number of para-hydroxylation sites is 1. The number of pyridine rings is 1. The van der Waals surface area contributed by atoms with Crippen LogP contribution in [0.25, 0.3) is 34.1 Å². The van der Waals surface area contributed by atoms with Crippen molar-refractivity contribution in [3.63, 3.8) is 0 Å². The normalized spacial score (nSPS) is 11.1. The van der Waals surface area contributed by atoms with Crippen molar-refractivity contribution in [3.05, 3.63) is 82.5 Å². The number of furan rings is 1. The molecule has 0 aliphatic carbocycles. The Bertz CT molecular complexity index is 1340. The fraction of sp³-hybridized carbons (Fsp3) is 0.0870. The van der Waals surface area contributed by atoms with Gasteiger partial charge in [0, 0.05) is 5.39 Å². The molecule has 0 saturated carbocycles. The van der Waals surface area contributed by atoms with Gasteiger partial charge in [0.15, 0.2) is 5.76 Å². The Kier molecular flexibility index (Phi) is 4.80. The first-order valence-corrected chi connectivity index (χ1v) is 10.1. The van der Waals surface area contributed by atoms with Gasteiger partial charge in [-0.25, -0.2) is 4.98 Å². The zero-order chi connectivity index (χ0) is 20.5.